The third kappa shape index (κ3) is 5.57. The lowest BCUT2D eigenvalue weighted by Crippen LogP contribution is -2.64. The quantitative estimate of drug-likeness (QED) is 0.122. The van der Waals surface area contributed by atoms with Crippen molar-refractivity contribution in [2.45, 2.75) is 49.5 Å². The Kier molecular flexibility index (Phi) is 7.61. The number of carboxylic acids is 1. The fraction of sp³-hybridized carbons (Fsp3) is 0.833. The van der Waals surface area contributed by atoms with E-state index in [1.807, 2.05) is 0 Å². The monoisotopic (exact) mass is 336 g/mol. The third-order valence-electron chi connectivity index (χ3n) is 3.50. The van der Waals surface area contributed by atoms with Crippen molar-refractivity contribution in [3.8, 4) is 0 Å². The van der Waals surface area contributed by atoms with Gasteiger partial charge in [-0.2, -0.15) is 0 Å². The van der Waals surface area contributed by atoms with E-state index in [0.29, 0.717) is 6.42 Å². The van der Waals surface area contributed by atoms with E-state index < -0.39 is 49.3 Å². The molecule has 1 aliphatic heterocycles. The molecular weight excluding hydrogens is 312 g/mol. The van der Waals surface area contributed by atoms with E-state index in [1.165, 1.54) is 0 Å². The highest BCUT2D eigenvalue weighted by atomic mass is 16.6. The van der Waals surface area contributed by atoms with E-state index in [-0.39, 0.29) is 18.9 Å². The third-order valence-corrected chi connectivity index (χ3v) is 3.50. The summed E-state index contributed by atoms with van der Waals surface area (Å²) < 4.78 is 5.20. The minimum Gasteiger partial charge on any atom is -0.480 e. The van der Waals surface area contributed by atoms with Crippen LogP contribution in [0.2, 0.25) is 0 Å². The zero-order valence-corrected chi connectivity index (χ0v) is 12.4. The number of nitrogens with two attached hydrogens (primary N) is 2. The summed E-state index contributed by atoms with van der Waals surface area (Å²) in [7, 11) is 0. The summed E-state index contributed by atoms with van der Waals surface area (Å²) in [5.74, 6) is -1.29. The molecule has 0 bridgehead atoms. The van der Waals surface area contributed by atoms with E-state index in [0.717, 1.165) is 0 Å². The van der Waals surface area contributed by atoms with Gasteiger partial charge >= 0.3 is 5.97 Å². The van der Waals surface area contributed by atoms with Crippen LogP contribution in [-0.4, -0.2) is 87.3 Å². The van der Waals surface area contributed by atoms with Crippen molar-refractivity contribution < 1.29 is 35.1 Å². The van der Waals surface area contributed by atoms with Crippen molar-refractivity contribution in [3.05, 3.63) is 0 Å². The molecule has 10 N–H and O–H groups in total. The van der Waals surface area contributed by atoms with Gasteiger partial charge in [0.1, 0.15) is 36.7 Å². The summed E-state index contributed by atoms with van der Waals surface area (Å²) >= 11 is 0. The molecule has 11 nitrogen and oxygen atoms in total. The summed E-state index contributed by atoms with van der Waals surface area (Å²) in [6.07, 6.45) is -6.49. The second-order valence-electron chi connectivity index (χ2n) is 5.26. The molecule has 0 amide bonds. The summed E-state index contributed by atoms with van der Waals surface area (Å²) in [6, 6.07) is -1.09. The number of aliphatic hydroxyl groups excluding tert-OH is 4. The highest BCUT2D eigenvalue weighted by Gasteiger charge is 2.44. The number of carboxylic acid groups (broad SMARTS) is 1. The Bertz CT molecular complexity index is 416. The van der Waals surface area contributed by atoms with Gasteiger partial charge < -0.3 is 41.7 Å². The Morgan fingerprint density at radius 3 is 2.39 bits per heavy atom. The maximum atomic E-state index is 11.3. The molecule has 1 unspecified atom stereocenters. The van der Waals surface area contributed by atoms with Gasteiger partial charge in [0.2, 0.25) is 0 Å². The number of nitrogens with zero attached hydrogens (tertiary/aromatic N) is 1. The first-order valence-corrected chi connectivity index (χ1v) is 7.12. The topological polar surface area (TPSA) is 204 Å². The Hall–Kier alpha value is -1.50. The average Bonchev–Trinajstić information content (AvgIpc) is 2.49. The van der Waals surface area contributed by atoms with Crippen LogP contribution in [0.5, 0.6) is 0 Å². The van der Waals surface area contributed by atoms with Crippen LogP contribution in [0.15, 0.2) is 4.99 Å². The lowest BCUT2D eigenvalue weighted by molar-refractivity contribution is -0.238. The number of ether oxygens (including phenoxy) is 1. The molecule has 1 saturated heterocycles. The number of hydrogen-bond donors (Lipinski definition) is 8. The van der Waals surface area contributed by atoms with Gasteiger partial charge in [-0.15, -0.1) is 0 Å². The molecule has 23 heavy (non-hydrogen) atoms. The highest BCUT2D eigenvalue weighted by Crippen LogP contribution is 2.20. The second-order valence-corrected chi connectivity index (χ2v) is 5.26. The standard InChI is InChI=1S/C12H24N4O7/c13-12(14)15-3-1-2-5(11(21)22)16-10-9(20)8(19)7(18)6(4-17)23-10/h5-10,16-20H,1-4H2,(H,21,22)(H4,13,14,15)/t5-,6+,7+,8-,9+,10?/m0/s1. The normalized spacial score (nSPS) is 32.3. The van der Waals surface area contributed by atoms with E-state index in [9.17, 15) is 25.2 Å². The fourth-order valence-corrected chi connectivity index (χ4v) is 2.22. The van der Waals surface area contributed by atoms with Crippen molar-refractivity contribution in [1.29, 1.82) is 0 Å². The molecular formula is C12H24N4O7. The first kappa shape index (κ1) is 19.5. The molecule has 1 aliphatic rings. The SMILES string of the molecule is NC(N)=NCCC[C@H](NC1O[C@H](CO)[C@@H](O)[C@H](O)[C@H]1O)C(=O)O. The molecule has 1 fully saturated rings. The minimum absolute atomic E-state index is 0.0984. The Morgan fingerprint density at radius 2 is 1.87 bits per heavy atom. The van der Waals surface area contributed by atoms with Gasteiger partial charge in [0.25, 0.3) is 0 Å². The first-order valence-electron chi connectivity index (χ1n) is 7.12. The molecule has 6 atom stereocenters. The van der Waals surface area contributed by atoms with Gasteiger partial charge in [0.15, 0.2) is 5.96 Å². The van der Waals surface area contributed by atoms with E-state index in [4.69, 9.17) is 21.3 Å². The van der Waals surface area contributed by atoms with E-state index >= 15 is 0 Å². The Morgan fingerprint density at radius 1 is 1.22 bits per heavy atom. The van der Waals surface area contributed by atoms with Crippen LogP contribution in [0.4, 0.5) is 0 Å². The Labute approximate surface area is 132 Å². The van der Waals surface area contributed by atoms with Crippen LogP contribution < -0.4 is 16.8 Å². The number of rotatable bonds is 8. The largest absolute Gasteiger partial charge is 0.480 e. The molecule has 1 heterocycles. The van der Waals surface area contributed by atoms with E-state index in [2.05, 4.69) is 10.3 Å². The van der Waals surface area contributed by atoms with Crippen LogP contribution in [0, 0.1) is 0 Å². The number of aliphatic imine (C=N–C) groups is 1. The molecule has 0 spiro atoms. The van der Waals surface area contributed by atoms with Crippen LogP contribution in [-0.2, 0) is 9.53 Å². The van der Waals surface area contributed by atoms with Crippen LogP contribution in [0.3, 0.4) is 0 Å². The van der Waals surface area contributed by atoms with Crippen LogP contribution in [0.1, 0.15) is 12.8 Å². The Balaban J connectivity index is 2.64. The molecule has 0 saturated carbocycles. The van der Waals surface area contributed by atoms with Crippen molar-refractivity contribution in [2.75, 3.05) is 13.2 Å². The fourth-order valence-electron chi connectivity index (χ4n) is 2.22. The molecule has 0 aromatic rings. The minimum atomic E-state index is -1.57. The van der Waals surface area contributed by atoms with Gasteiger partial charge in [-0.25, -0.2) is 0 Å². The van der Waals surface area contributed by atoms with Gasteiger partial charge in [0.05, 0.1) is 6.61 Å². The predicted octanol–water partition coefficient (Wildman–Crippen LogP) is -4.12. The average molecular weight is 336 g/mol. The zero-order chi connectivity index (χ0) is 17.6. The number of nitrogens with one attached hydrogen (secondary N) is 1. The lowest BCUT2D eigenvalue weighted by Gasteiger charge is -2.41. The number of hydrogen-bond acceptors (Lipinski definition) is 8. The predicted molar refractivity (Wildman–Crippen MR) is 78.2 cm³/mol. The van der Waals surface area contributed by atoms with Gasteiger partial charge in [-0.1, -0.05) is 0 Å². The zero-order valence-electron chi connectivity index (χ0n) is 12.4. The maximum Gasteiger partial charge on any atom is 0.320 e. The van der Waals surface area contributed by atoms with Gasteiger partial charge in [-0.3, -0.25) is 15.1 Å². The lowest BCUT2D eigenvalue weighted by atomic mass is 9.97. The number of aliphatic hydroxyl groups is 4. The molecule has 11 heteroatoms. The highest BCUT2D eigenvalue weighted by molar-refractivity contribution is 5.75. The first-order chi connectivity index (χ1) is 10.8. The summed E-state index contributed by atoms with van der Waals surface area (Å²) in [5, 5.41) is 50.0. The van der Waals surface area contributed by atoms with E-state index in [1.54, 1.807) is 0 Å². The molecule has 0 aromatic carbocycles. The van der Waals surface area contributed by atoms with Gasteiger partial charge in [-0.05, 0) is 12.8 Å². The molecule has 0 aromatic heterocycles. The molecule has 0 aliphatic carbocycles. The second kappa shape index (κ2) is 8.96. The van der Waals surface area contributed by atoms with Crippen LogP contribution >= 0.6 is 0 Å². The summed E-state index contributed by atoms with van der Waals surface area (Å²) in [6.45, 7) is -0.353. The molecule has 134 valence electrons. The number of guanidine groups is 1. The summed E-state index contributed by atoms with van der Waals surface area (Å²) in [5.41, 5.74) is 10.3. The smallest absolute Gasteiger partial charge is 0.320 e. The van der Waals surface area contributed by atoms with Crippen molar-refractivity contribution in [3.63, 3.8) is 0 Å². The van der Waals surface area contributed by atoms with Crippen molar-refractivity contribution >= 4 is 11.9 Å². The molecule has 1 rings (SSSR count). The number of carbonyl (C=O) groups is 1. The summed E-state index contributed by atoms with van der Waals surface area (Å²) in [4.78, 5) is 15.0. The van der Waals surface area contributed by atoms with Crippen molar-refractivity contribution in [1.82, 2.24) is 5.32 Å². The van der Waals surface area contributed by atoms with Gasteiger partial charge in [0, 0.05) is 6.54 Å². The van der Waals surface area contributed by atoms with Crippen LogP contribution in [0.25, 0.3) is 0 Å². The molecule has 0 radical (unpaired) electrons. The number of aliphatic carboxylic acids is 1. The van der Waals surface area contributed by atoms with Crippen molar-refractivity contribution in [2.24, 2.45) is 16.5 Å². The maximum absolute atomic E-state index is 11.3.